The zero-order valence-corrected chi connectivity index (χ0v) is 16.1. The lowest BCUT2D eigenvalue weighted by Crippen LogP contribution is -2.44. The number of carbonyl (C=O) groups is 1. The predicted molar refractivity (Wildman–Crippen MR) is 102 cm³/mol. The Morgan fingerprint density at radius 2 is 1.89 bits per heavy atom. The van der Waals surface area contributed by atoms with Crippen LogP contribution in [0.5, 0.6) is 0 Å². The normalized spacial score (nSPS) is 25.3. The van der Waals surface area contributed by atoms with Gasteiger partial charge in [0.15, 0.2) is 0 Å². The third kappa shape index (κ3) is 3.47. The highest BCUT2D eigenvalue weighted by Crippen LogP contribution is 2.52. The van der Waals surface area contributed by atoms with Gasteiger partial charge in [-0.15, -0.1) is 11.3 Å². The molecule has 7 nitrogen and oxygen atoms in total. The summed E-state index contributed by atoms with van der Waals surface area (Å²) < 4.78 is 33.6. The maximum absolute atomic E-state index is 12.9. The van der Waals surface area contributed by atoms with E-state index in [0.717, 1.165) is 21.9 Å². The lowest BCUT2D eigenvalue weighted by Gasteiger charge is -2.27. The van der Waals surface area contributed by atoms with Crippen LogP contribution in [-0.2, 0) is 19.6 Å². The van der Waals surface area contributed by atoms with Crippen LogP contribution in [0.2, 0.25) is 0 Å². The number of rotatable bonds is 6. The van der Waals surface area contributed by atoms with Gasteiger partial charge in [-0.1, -0.05) is 30.3 Å². The fourth-order valence-electron chi connectivity index (χ4n) is 3.44. The number of morpholine rings is 1. The van der Waals surface area contributed by atoms with Crippen molar-refractivity contribution in [3.05, 3.63) is 48.0 Å². The Morgan fingerprint density at radius 1 is 1.19 bits per heavy atom. The topological polar surface area (TPSA) is 95.9 Å². The highest BCUT2D eigenvalue weighted by Gasteiger charge is 2.63. The fraction of sp³-hybridized carbons (Fsp3) is 0.389. The van der Waals surface area contributed by atoms with E-state index in [4.69, 9.17) is 4.74 Å². The van der Waals surface area contributed by atoms with E-state index in [1.54, 1.807) is 6.07 Å². The van der Waals surface area contributed by atoms with Gasteiger partial charge in [-0.3, -0.25) is 4.79 Å². The molecule has 1 aromatic carbocycles. The number of benzene rings is 1. The Labute approximate surface area is 161 Å². The molecule has 144 valence electrons. The monoisotopic (exact) mass is 408 g/mol. The van der Waals surface area contributed by atoms with Gasteiger partial charge in [-0.05, 0) is 24.1 Å². The van der Waals surface area contributed by atoms with Gasteiger partial charge in [-0.2, -0.15) is 4.72 Å². The second-order valence-electron chi connectivity index (χ2n) is 6.74. The lowest BCUT2D eigenvalue weighted by atomic mass is 10.1. The van der Waals surface area contributed by atoms with Crippen LogP contribution in [0.1, 0.15) is 17.9 Å². The molecule has 0 spiro atoms. The molecule has 27 heavy (non-hydrogen) atoms. The molecule has 1 saturated carbocycles. The minimum Gasteiger partial charge on any atom is -0.480 e. The van der Waals surface area contributed by atoms with E-state index in [9.17, 15) is 18.3 Å². The lowest BCUT2D eigenvalue weighted by molar-refractivity contribution is -0.140. The molecule has 4 rings (SSSR count). The van der Waals surface area contributed by atoms with E-state index in [1.807, 2.05) is 30.3 Å². The summed E-state index contributed by atoms with van der Waals surface area (Å²) in [5.41, 5.74) is -0.661. The van der Waals surface area contributed by atoms with Crippen molar-refractivity contribution < 1.29 is 23.1 Å². The van der Waals surface area contributed by atoms with Crippen LogP contribution >= 0.6 is 11.3 Å². The van der Waals surface area contributed by atoms with Gasteiger partial charge in [0.2, 0.25) is 0 Å². The Kier molecular flexibility index (Phi) is 4.71. The van der Waals surface area contributed by atoms with Crippen molar-refractivity contribution in [2.75, 3.05) is 31.2 Å². The quantitative estimate of drug-likeness (QED) is 0.758. The zero-order valence-electron chi connectivity index (χ0n) is 14.5. The van der Waals surface area contributed by atoms with E-state index in [1.165, 1.54) is 6.07 Å². The van der Waals surface area contributed by atoms with Crippen LogP contribution in [0, 0.1) is 0 Å². The maximum atomic E-state index is 12.9. The number of nitrogens with zero attached hydrogens (tertiary/aromatic N) is 1. The van der Waals surface area contributed by atoms with Gasteiger partial charge in [0.1, 0.15) is 9.75 Å². The van der Waals surface area contributed by atoms with Gasteiger partial charge in [0.05, 0.1) is 18.2 Å². The Bertz CT molecular complexity index is 938. The second kappa shape index (κ2) is 6.90. The highest BCUT2D eigenvalue weighted by molar-refractivity contribution is 7.91. The molecule has 0 bridgehead atoms. The molecule has 2 aromatic rings. The summed E-state index contributed by atoms with van der Waals surface area (Å²) in [6.07, 6.45) is 0.243. The van der Waals surface area contributed by atoms with Gasteiger partial charge < -0.3 is 14.7 Å². The molecule has 1 aliphatic heterocycles. The number of hydrogen-bond donors (Lipinski definition) is 2. The third-order valence-electron chi connectivity index (χ3n) is 5.02. The van der Waals surface area contributed by atoms with E-state index in [0.29, 0.717) is 26.3 Å². The fourth-order valence-corrected chi connectivity index (χ4v) is 6.19. The van der Waals surface area contributed by atoms with Gasteiger partial charge in [0, 0.05) is 19.0 Å². The molecule has 2 aliphatic rings. The summed E-state index contributed by atoms with van der Waals surface area (Å²) in [5.74, 6) is -1.52. The van der Waals surface area contributed by atoms with Crippen LogP contribution in [0.4, 0.5) is 5.00 Å². The van der Waals surface area contributed by atoms with Crippen molar-refractivity contribution in [1.29, 1.82) is 0 Å². The SMILES string of the molecule is O=C(O)C1(NS(=O)(=O)c2ccc(N3CCOCC3)s2)CC1c1ccccc1. The Balaban J connectivity index is 1.55. The number of thiophene rings is 1. The Hall–Kier alpha value is -1.94. The minimum absolute atomic E-state index is 0.128. The molecule has 2 atom stereocenters. The largest absolute Gasteiger partial charge is 0.480 e. The molecular weight excluding hydrogens is 388 g/mol. The molecule has 2 unspecified atom stereocenters. The first-order chi connectivity index (χ1) is 12.9. The molecule has 2 heterocycles. The molecule has 1 saturated heterocycles. The average molecular weight is 409 g/mol. The smallest absolute Gasteiger partial charge is 0.325 e. The summed E-state index contributed by atoms with van der Waals surface area (Å²) >= 11 is 1.15. The minimum atomic E-state index is -3.93. The van der Waals surface area contributed by atoms with Crippen LogP contribution in [0.15, 0.2) is 46.7 Å². The summed E-state index contributed by atoms with van der Waals surface area (Å²) in [7, 11) is -3.93. The number of anilines is 1. The second-order valence-corrected chi connectivity index (χ2v) is 9.71. The number of hydrogen-bond acceptors (Lipinski definition) is 6. The van der Waals surface area contributed by atoms with Crippen molar-refractivity contribution in [3.8, 4) is 0 Å². The van der Waals surface area contributed by atoms with Crippen LogP contribution < -0.4 is 9.62 Å². The van der Waals surface area contributed by atoms with E-state index >= 15 is 0 Å². The maximum Gasteiger partial charge on any atom is 0.325 e. The Morgan fingerprint density at radius 3 is 2.56 bits per heavy atom. The number of aliphatic carboxylic acids is 1. The number of nitrogens with one attached hydrogen (secondary N) is 1. The molecular formula is C18H20N2O5S2. The van der Waals surface area contributed by atoms with Crippen molar-refractivity contribution in [2.24, 2.45) is 0 Å². The summed E-state index contributed by atoms with van der Waals surface area (Å²) in [5, 5.41) is 10.6. The van der Waals surface area contributed by atoms with Crippen molar-refractivity contribution in [1.82, 2.24) is 4.72 Å². The average Bonchev–Trinajstić information content (AvgIpc) is 3.16. The molecule has 9 heteroatoms. The summed E-state index contributed by atoms with van der Waals surface area (Å²) in [6.45, 7) is 2.64. The predicted octanol–water partition coefficient (Wildman–Crippen LogP) is 1.87. The van der Waals surface area contributed by atoms with Crippen molar-refractivity contribution in [3.63, 3.8) is 0 Å². The van der Waals surface area contributed by atoms with E-state index in [-0.39, 0.29) is 16.5 Å². The van der Waals surface area contributed by atoms with E-state index < -0.39 is 21.5 Å². The van der Waals surface area contributed by atoms with Gasteiger partial charge in [-0.25, -0.2) is 8.42 Å². The summed E-state index contributed by atoms with van der Waals surface area (Å²) in [6, 6.07) is 12.4. The molecule has 1 aromatic heterocycles. The number of carboxylic acid groups (broad SMARTS) is 1. The van der Waals surface area contributed by atoms with Crippen LogP contribution in [0.3, 0.4) is 0 Å². The van der Waals surface area contributed by atoms with E-state index in [2.05, 4.69) is 9.62 Å². The standard InChI is InChI=1S/C18H20N2O5S2/c21-17(22)18(12-14(18)13-4-2-1-3-5-13)19-27(23,24)16-7-6-15(26-16)20-8-10-25-11-9-20/h1-7,14,19H,8-12H2,(H,21,22). The number of sulfonamides is 1. The summed E-state index contributed by atoms with van der Waals surface area (Å²) in [4.78, 5) is 14.0. The number of carboxylic acids is 1. The first kappa shape index (κ1) is 18.4. The number of ether oxygens (including phenoxy) is 1. The highest BCUT2D eigenvalue weighted by atomic mass is 32.2. The zero-order chi connectivity index (χ0) is 19.1. The van der Waals surface area contributed by atoms with Crippen molar-refractivity contribution >= 4 is 32.3 Å². The first-order valence-corrected chi connectivity index (χ1v) is 11.0. The molecule has 2 N–H and O–H groups in total. The van der Waals surface area contributed by atoms with Crippen molar-refractivity contribution in [2.45, 2.75) is 22.1 Å². The first-order valence-electron chi connectivity index (χ1n) is 8.67. The van der Waals surface area contributed by atoms with Crippen LogP contribution in [0.25, 0.3) is 0 Å². The molecule has 1 aliphatic carbocycles. The van der Waals surface area contributed by atoms with Crippen LogP contribution in [-0.4, -0.2) is 51.3 Å². The van der Waals surface area contributed by atoms with Gasteiger partial charge in [0.25, 0.3) is 10.0 Å². The van der Waals surface area contributed by atoms with Gasteiger partial charge >= 0.3 is 5.97 Å². The third-order valence-corrected chi connectivity index (χ3v) is 8.16. The molecule has 2 fully saturated rings. The molecule has 0 amide bonds. The molecule has 0 radical (unpaired) electrons.